The molecule has 6 rings (SSSR count). The van der Waals surface area contributed by atoms with Crippen LogP contribution in [0.1, 0.15) is 130 Å². The third-order valence-electron chi connectivity index (χ3n) is 12.7. The second kappa shape index (κ2) is 13.9. The average Bonchev–Trinajstić information content (AvgIpc) is 3.42. The van der Waals surface area contributed by atoms with Crippen LogP contribution in [0.3, 0.4) is 0 Å². The van der Waals surface area contributed by atoms with Crippen molar-refractivity contribution in [3.05, 3.63) is 57.6 Å². The predicted molar refractivity (Wildman–Crippen MR) is 198 cm³/mol. The molecule has 0 radical (unpaired) electrons. The van der Waals surface area contributed by atoms with Crippen LogP contribution in [0.5, 0.6) is 0 Å². The molecule has 1 atom stereocenters. The Kier molecular flexibility index (Phi) is 10.3. The van der Waals surface area contributed by atoms with Gasteiger partial charge in [-0.1, -0.05) is 0 Å². The Bertz CT molecular complexity index is 1130. The Labute approximate surface area is 276 Å². The molecule has 1 aliphatic heterocycles. The zero-order chi connectivity index (χ0) is 31.0. The van der Waals surface area contributed by atoms with E-state index < -0.39 is 7.26 Å². The molecule has 4 heteroatoms. The number of benzene rings is 2. The van der Waals surface area contributed by atoms with Crippen molar-refractivity contribution in [3.8, 4) is 0 Å². The molecule has 2 aromatic rings. The molecule has 44 heavy (non-hydrogen) atoms. The number of rotatable bonds is 7. The molecule has 0 bridgehead atoms. The Morgan fingerprint density at radius 2 is 0.818 bits per heavy atom. The van der Waals surface area contributed by atoms with E-state index in [2.05, 4.69) is 75.6 Å². The van der Waals surface area contributed by atoms with Gasteiger partial charge in [0.2, 0.25) is 0 Å². The molecule has 0 unspecified atom stereocenters. The first-order valence-corrected chi connectivity index (χ1v) is 21.3. The van der Waals surface area contributed by atoms with E-state index >= 15 is 0 Å². The van der Waals surface area contributed by atoms with Gasteiger partial charge in [-0.15, -0.1) is 0 Å². The van der Waals surface area contributed by atoms with Crippen molar-refractivity contribution in [3.63, 3.8) is 0 Å². The number of anilines is 2. The molecule has 0 amide bonds. The molecule has 4 aliphatic rings. The number of aryl methyl sites for hydroxylation is 6. The van der Waals surface area contributed by atoms with Gasteiger partial charge in [0.05, 0.1) is 0 Å². The van der Waals surface area contributed by atoms with Crippen molar-refractivity contribution in [1.82, 2.24) is 0 Å². The van der Waals surface area contributed by atoms with E-state index in [4.69, 9.17) is 11.6 Å². The summed E-state index contributed by atoms with van der Waals surface area (Å²) in [4.78, 5) is 5.69. The topological polar surface area (TPSA) is 6.48 Å². The van der Waals surface area contributed by atoms with Crippen molar-refractivity contribution >= 4 is 30.2 Å². The van der Waals surface area contributed by atoms with Crippen LogP contribution in [0.15, 0.2) is 24.3 Å². The third-order valence-corrected chi connectivity index (χ3v) is 21.3. The molecule has 0 aromatic heterocycles. The van der Waals surface area contributed by atoms with Crippen LogP contribution in [0.2, 0.25) is 0 Å². The minimum absolute atomic E-state index is 0.231. The number of nitrogens with zero attached hydrogens (tertiary/aromatic N) is 2. The first-order chi connectivity index (χ1) is 21.2. The summed E-state index contributed by atoms with van der Waals surface area (Å²) in [6.45, 7) is 16.1. The molecule has 0 spiro atoms. The van der Waals surface area contributed by atoms with Crippen molar-refractivity contribution < 1.29 is 0 Å². The van der Waals surface area contributed by atoms with Crippen LogP contribution < -0.4 is 9.80 Å². The van der Waals surface area contributed by atoms with Crippen molar-refractivity contribution in [2.45, 2.75) is 166 Å². The van der Waals surface area contributed by atoms with Crippen LogP contribution in [-0.4, -0.2) is 41.4 Å². The van der Waals surface area contributed by atoms with Crippen molar-refractivity contribution in [2.24, 2.45) is 0 Å². The summed E-state index contributed by atoms with van der Waals surface area (Å²) in [5.74, 6) is 0. The fourth-order valence-corrected chi connectivity index (χ4v) is 21.8. The molecule has 1 heterocycles. The number of hydrogen-bond donors (Lipinski definition) is 0. The second-order valence-corrected chi connectivity index (χ2v) is 21.6. The zero-order valence-corrected chi connectivity index (χ0v) is 30.7. The molecular weight excluding hydrogens is 575 g/mol. The normalized spacial score (nSPS) is 23.0. The van der Waals surface area contributed by atoms with E-state index in [9.17, 15) is 0 Å². The average molecular weight is 637 g/mol. The van der Waals surface area contributed by atoms with Crippen LogP contribution in [0, 0.1) is 41.5 Å². The van der Waals surface area contributed by atoms with E-state index in [1.807, 2.05) is 0 Å². The van der Waals surface area contributed by atoms with Crippen molar-refractivity contribution in [1.29, 1.82) is 0 Å². The van der Waals surface area contributed by atoms with Gasteiger partial charge in [0.1, 0.15) is 0 Å². The quantitative estimate of drug-likeness (QED) is 0.220. The van der Waals surface area contributed by atoms with E-state index in [1.54, 1.807) is 0 Å². The molecule has 2 aromatic carbocycles. The summed E-state index contributed by atoms with van der Waals surface area (Å²) < 4.78 is 0. The first kappa shape index (κ1) is 32.7. The van der Waals surface area contributed by atoms with Gasteiger partial charge in [-0.05, 0) is 0 Å². The van der Waals surface area contributed by atoms with Gasteiger partial charge >= 0.3 is 277 Å². The summed E-state index contributed by atoms with van der Waals surface area (Å²) >= 11 is 8.65. The Morgan fingerprint density at radius 1 is 0.523 bits per heavy atom. The van der Waals surface area contributed by atoms with Gasteiger partial charge in [0, 0.05) is 0 Å². The summed E-state index contributed by atoms with van der Waals surface area (Å²) in [5.41, 5.74) is 14.1. The van der Waals surface area contributed by atoms with Crippen LogP contribution in [0.4, 0.5) is 11.4 Å². The Morgan fingerprint density at radius 3 is 1.11 bits per heavy atom. The number of hydrogen-bond acceptors (Lipinski definition) is 2. The number of alkyl halides is 1. The maximum absolute atomic E-state index is 8.65. The van der Waals surface area contributed by atoms with Gasteiger partial charge in [-0.25, -0.2) is 0 Å². The summed E-state index contributed by atoms with van der Waals surface area (Å²) in [7, 11) is -2.02. The molecule has 3 saturated carbocycles. The van der Waals surface area contributed by atoms with Gasteiger partial charge < -0.3 is 0 Å². The van der Waals surface area contributed by atoms with Crippen LogP contribution >= 0.6 is 18.9 Å². The summed E-state index contributed by atoms with van der Waals surface area (Å²) in [6.07, 6.45) is 21.9. The standard InChI is InChI=1S/C40H62ClN2P/c1-28-24-30(3)37(31(4)25-28)42-22-23-43(38-32(5)26-29(2)27-33(38)6)40(42)39(41)44(34-16-10-7-11-17-34,35-18-12-8-13-19-35)36-20-14-9-15-21-36/h24-27,34-36,39-40,44H,7-23H2,1-6H3/t39-/m0/s1. The zero-order valence-electron chi connectivity index (χ0n) is 29.0. The monoisotopic (exact) mass is 636 g/mol. The minimum atomic E-state index is -2.02. The summed E-state index contributed by atoms with van der Waals surface area (Å²) in [6, 6.07) is 9.67. The molecule has 1 saturated heterocycles. The van der Waals surface area contributed by atoms with Gasteiger partial charge in [-0.3, -0.25) is 0 Å². The number of halogens is 1. The first-order valence-electron chi connectivity index (χ1n) is 18.6. The molecule has 2 nitrogen and oxygen atoms in total. The SMILES string of the molecule is Cc1cc(C)c(N2CCN(c3c(C)cc(C)cc3C)C2[C@@H](Cl)[PH](C2CCCCC2)(C2CCCCC2)C2CCCCC2)c(C)c1. The Balaban J connectivity index is 1.56. The van der Waals surface area contributed by atoms with Crippen LogP contribution in [0.25, 0.3) is 0 Å². The van der Waals surface area contributed by atoms with Crippen LogP contribution in [-0.2, 0) is 0 Å². The van der Waals surface area contributed by atoms with Gasteiger partial charge in [0.25, 0.3) is 0 Å². The molecule has 244 valence electrons. The molecule has 0 N–H and O–H groups in total. The van der Waals surface area contributed by atoms with E-state index in [0.717, 1.165) is 30.1 Å². The molecule has 4 fully saturated rings. The van der Waals surface area contributed by atoms with Crippen molar-refractivity contribution in [2.75, 3.05) is 22.9 Å². The fraction of sp³-hybridized carbons (Fsp3) is 0.700. The van der Waals surface area contributed by atoms with Gasteiger partial charge in [0.15, 0.2) is 0 Å². The Hall–Kier alpha value is -1.24. The van der Waals surface area contributed by atoms with E-state index in [1.165, 1.54) is 141 Å². The predicted octanol–water partition coefficient (Wildman–Crippen LogP) is 11.5. The fourth-order valence-electron chi connectivity index (χ4n) is 11.4. The molecule has 3 aliphatic carbocycles. The maximum atomic E-state index is 8.65. The van der Waals surface area contributed by atoms with Gasteiger partial charge in [-0.2, -0.15) is 0 Å². The van der Waals surface area contributed by atoms with E-state index in [-0.39, 0.29) is 11.3 Å². The molecular formula is C40H62ClN2P. The third kappa shape index (κ3) is 5.99. The second-order valence-electron chi connectivity index (χ2n) is 15.7. The summed E-state index contributed by atoms with van der Waals surface area (Å²) in [5, 5.41) is 0.236. The van der Waals surface area contributed by atoms with E-state index in [0.29, 0.717) is 0 Å².